The van der Waals surface area contributed by atoms with Gasteiger partial charge in [0.25, 0.3) is 5.91 Å². The molecule has 1 unspecified atom stereocenters. The van der Waals surface area contributed by atoms with Crippen LogP contribution in [0, 0.1) is 0 Å². The normalized spacial score (nSPS) is 13.8. The first-order valence-corrected chi connectivity index (χ1v) is 8.91. The molecule has 2 aromatic carbocycles. The minimum absolute atomic E-state index is 0.0174. The quantitative estimate of drug-likeness (QED) is 0.768. The van der Waals surface area contributed by atoms with E-state index >= 15 is 0 Å². The van der Waals surface area contributed by atoms with E-state index in [4.69, 9.17) is 4.74 Å². The van der Waals surface area contributed by atoms with E-state index in [9.17, 15) is 19.5 Å². The fourth-order valence-electron chi connectivity index (χ4n) is 3.35. The first-order valence-electron chi connectivity index (χ1n) is 8.91. The number of anilines is 1. The van der Waals surface area contributed by atoms with Crippen LogP contribution in [0.25, 0.3) is 0 Å². The number of benzene rings is 2. The molecule has 0 saturated heterocycles. The number of carbonyl (C=O) groups is 3. The summed E-state index contributed by atoms with van der Waals surface area (Å²) in [4.78, 5) is 37.5. The SMILES string of the molecule is COc1ccc(C(CC(=O)O)CC(=O)Nc2ccc3c(c2)C(=O)N(C)C3)cc1. The number of rotatable bonds is 7. The van der Waals surface area contributed by atoms with Crippen LogP contribution in [0.1, 0.15) is 40.2 Å². The number of nitrogens with one attached hydrogen (secondary N) is 1. The molecule has 2 aromatic rings. The molecule has 0 bridgehead atoms. The van der Waals surface area contributed by atoms with Gasteiger partial charge in [-0.3, -0.25) is 14.4 Å². The van der Waals surface area contributed by atoms with Crippen LogP contribution in [0.2, 0.25) is 0 Å². The largest absolute Gasteiger partial charge is 0.497 e. The van der Waals surface area contributed by atoms with Crippen LogP contribution in [-0.2, 0) is 16.1 Å². The fourth-order valence-corrected chi connectivity index (χ4v) is 3.35. The van der Waals surface area contributed by atoms with Gasteiger partial charge in [0.15, 0.2) is 0 Å². The molecule has 1 heterocycles. The topological polar surface area (TPSA) is 95.9 Å². The van der Waals surface area contributed by atoms with Crippen molar-refractivity contribution in [2.75, 3.05) is 19.5 Å². The van der Waals surface area contributed by atoms with E-state index in [-0.39, 0.29) is 24.7 Å². The maximum absolute atomic E-state index is 12.5. The molecule has 7 heteroatoms. The number of fused-ring (bicyclic) bond motifs is 1. The van der Waals surface area contributed by atoms with Gasteiger partial charge in [-0.05, 0) is 35.4 Å². The van der Waals surface area contributed by atoms with E-state index in [1.165, 1.54) is 0 Å². The highest BCUT2D eigenvalue weighted by molar-refractivity contribution is 6.00. The van der Waals surface area contributed by atoms with Gasteiger partial charge in [0.2, 0.25) is 5.91 Å². The molecule has 0 aliphatic carbocycles. The monoisotopic (exact) mass is 382 g/mol. The predicted molar refractivity (Wildman–Crippen MR) is 103 cm³/mol. The Kier molecular flexibility index (Phi) is 5.63. The Morgan fingerprint density at radius 1 is 1.18 bits per heavy atom. The van der Waals surface area contributed by atoms with Crippen LogP contribution in [0.15, 0.2) is 42.5 Å². The summed E-state index contributed by atoms with van der Waals surface area (Å²) in [6, 6.07) is 12.3. The number of amides is 2. The second-order valence-electron chi connectivity index (χ2n) is 6.85. The van der Waals surface area contributed by atoms with E-state index in [0.717, 1.165) is 11.1 Å². The lowest BCUT2D eigenvalue weighted by molar-refractivity contribution is -0.137. The third-order valence-electron chi connectivity index (χ3n) is 4.82. The lowest BCUT2D eigenvalue weighted by Crippen LogP contribution is -2.18. The Labute approximate surface area is 162 Å². The molecule has 0 fully saturated rings. The van der Waals surface area contributed by atoms with Crippen molar-refractivity contribution >= 4 is 23.5 Å². The number of carboxylic acids is 1. The summed E-state index contributed by atoms with van der Waals surface area (Å²) >= 11 is 0. The highest BCUT2D eigenvalue weighted by Gasteiger charge is 2.25. The smallest absolute Gasteiger partial charge is 0.303 e. The number of nitrogens with zero attached hydrogens (tertiary/aromatic N) is 1. The summed E-state index contributed by atoms with van der Waals surface area (Å²) in [5, 5.41) is 12.0. The van der Waals surface area contributed by atoms with Gasteiger partial charge in [-0.2, -0.15) is 0 Å². The Morgan fingerprint density at radius 3 is 2.54 bits per heavy atom. The average molecular weight is 382 g/mol. The number of carbonyl (C=O) groups excluding carboxylic acids is 2. The molecule has 0 aromatic heterocycles. The van der Waals surface area contributed by atoms with Gasteiger partial charge < -0.3 is 20.1 Å². The van der Waals surface area contributed by atoms with Gasteiger partial charge in [0, 0.05) is 37.2 Å². The molecule has 0 saturated carbocycles. The maximum atomic E-state index is 12.5. The molecule has 2 N–H and O–H groups in total. The Bertz CT molecular complexity index is 908. The van der Waals surface area contributed by atoms with Crippen molar-refractivity contribution in [3.05, 3.63) is 59.2 Å². The number of hydrogen-bond acceptors (Lipinski definition) is 4. The van der Waals surface area contributed by atoms with E-state index in [1.807, 2.05) is 6.07 Å². The number of hydrogen-bond donors (Lipinski definition) is 2. The summed E-state index contributed by atoms with van der Waals surface area (Å²) in [5.41, 5.74) is 2.78. The van der Waals surface area contributed by atoms with E-state index in [2.05, 4.69) is 5.32 Å². The summed E-state index contributed by atoms with van der Waals surface area (Å²) in [7, 11) is 3.28. The van der Waals surface area contributed by atoms with Crippen LogP contribution in [-0.4, -0.2) is 41.9 Å². The Balaban J connectivity index is 1.72. The zero-order chi connectivity index (χ0) is 20.3. The van der Waals surface area contributed by atoms with Crippen molar-refractivity contribution in [1.29, 1.82) is 0 Å². The zero-order valence-electron chi connectivity index (χ0n) is 15.8. The molecule has 3 rings (SSSR count). The number of carboxylic acid groups (broad SMARTS) is 1. The minimum atomic E-state index is -0.972. The van der Waals surface area contributed by atoms with Gasteiger partial charge in [0.1, 0.15) is 5.75 Å². The van der Waals surface area contributed by atoms with Crippen molar-refractivity contribution in [3.8, 4) is 5.75 Å². The Morgan fingerprint density at radius 2 is 1.89 bits per heavy atom. The molecular weight excluding hydrogens is 360 g/mol. The van der Waals surface area contributed by atoms with E-state index in [1.54, 1.807) is 55.5 Å². The molecule has 28 heavy (non-hydrogen) atoms. The number of methoxy groups -OCH3 is 1. The summed E-state index contributed by atoms with van der Waals surface area (Å²) in [6.45, 7) is 0.556. The number of ether oxygens (including phenoxy) is 1. The maximum Gasteiger partial charge on any atom is 0.303 e. The predicted octanol–water partition coefficient (Wildman–Crippen LogP) is 2.87. The second-order valence-corrected chi connectivity index (χ2v) is 6.85. The van der Waals surface area contributed by atoms with Gasteiger partial charge >= 0.3 is 5.97 Å². The summed E-state index contributed by atoms with van der Waals surface area (Å²) in [6.07, 6.45) is -0.142. The van der Waals surface area contributed by atoms with Crippen molar-refractivity contribution < 1.29 is 24.2 Å². The molecule has 1 aliphatic heterocycles. The molecular formula is C21H22N2O5. The highest BCUT2D eigenvalue weighted by Crippen LogP contribution is 2.28. The standard InChI is InChI=1S/C21H22N2O5/c1-23-12-14-3-6-16(11-18(14)21(23)27)22-19(24)9-15(10-20(25)26)13-4-7-17(28-2)8-5-13/h3-8,11,15H,9-10,12H2,1-2H3,(H,22,24)(H,25,26). The van der Waals surface area contributed by atoms with Crippen LogP contribution < -0.4 is 10.1 Å². The van der Waals surface area contributed by atoms with E-state index < -0.39 is 11.9 Å². The zero-order valence-corrected chi connectivity index (χ0v) is 15.8. The van der Waals surface area contributed by atoms with Crippen molar-refractivity contribution in [1.82, 2.24) is 4.90 Å². The number of aliphatic carboxylic acids is 1. The van der Waals surface area contributed by atoms with Gasteiger partial charge in [-0.1, -0.05) is 18.2 Å². The van der Waals surface area contributed by atoms with Crippen LogP contribution in [0.4, 0.5) is 5.69 Å². The molecule has 146 valence electrons. The highest BCUT2D eigenvalue weighted by atomic mass is 16.5. The van der Waals surface area contributed by atoms with Crippen molar-refractivity contribution in [2.24, 2.45) is 0 Å². The van der Waals surface area contributed by atoms with Crippen LogP contribution >= 0.6 is 0 Å². The van der Waals surface area contributed by atoms with Crippen LogP contribution in [0.5, 0.6) is 5.75 Å². The molecule has 0 spiro atoms. The third-order valence-corrected chi connectivity index (χ3v) is 4.82. The Hall–Kier alpha value is -3.35. The summed E-state index contributed by atoms with van der Waals surface area (Å²) < 4.78 is 5.12. The second kappa shape index (κ2) is 8.12. The lowest BCUT2D eigenvalue weighted by atomic mass is 9.92. The van der Waals surface area contributed by atoms with E-state index in [0.29, 0.717) is 23.5 Å². The third kappa shape index (κ3) is 4.31. The molecule has 2 amide bonds. The molecule has 7 nitrogen and oxygen atoms in total. The average Bonchev–Trinajstić information content (AvgIpc) is 2.95. The lowest BCUT2D eigenvalue weighted by Gasteiger charge is -2.16. The summed E-state index contributed by atoms with van der Waals surface area (Å²) in [5.74, 6) is -1.16. The van der Waals surface area contributed by atoms with Crippen LogP contribution in [0.3, 0.4) is 0 Å². The first-order chi connectivity index (χ1) is 13.4. The molecule has 1 atom stereocenters. The van der Waals surface area contributed by atoms with Gasteiger partial charge in [0.05, 0.1) is 13.5 Å². The first kappa shape index (κ1) is 19.4. The fraction of sp³-hybridized carbons (Fsp3) is 0.286. The molecule has 0 radical (unpaired) electrons. The van der Waals surface area contributed by atoms with Gasteiger partial charge in [-0.25, -0.2) is 0 Å². The van der Waals surface area contributed by atoms with Crippen molar-refractivity contribution in [3.63, 3.8) is 0 Å². The van der Waals surface area contributed by atoms with Gasteiger partial charge in [-0.15, -0.1) is 0 Å². The molecule has 1 aliphatic rings. The van der Waals surface area contributed by atoms with Crippen molar-refractivity contribution in [2.45, 2.75) is 25.3 Å². The minimum Gasteiger partial charge on any atom is -0.497 e.